The third kappa shape index (κ3) is 4.06. The summed E-state index contributed by atoms with van der Waals surface area (Å²) in [6.45, 7) is 3.99. The van der Waals surface area contributed by atoms with Crippen LogP contribution in [0.4, 0.5) is 17.3 Å². The van der Waals surface area contributed by atoms with Crippen molar-refractivity contribution in [1.82, 2.24) is 4.98 Å². The van der Waals surface area contributed by atoms with Gasteiger partial charge < -0.3 is 9.73 Å². The molecule has 6 heteroatoms. The monoisotopic (exact) mass is 350 g/mol. The fourth-order valence-corrected chi connectivity index (χ4v) is 2.30. The Morgan fingerprint density at radius 1 is 1.08 bits per heavy atom. The Balaban J connectivity index is 1.88. The second-order valence-electron chi connectivity index (χ2n) is 5.54. The van der Waals surface area contributed by atoms with Gasteiger partial charge in [-0.15, -0.1) is 0 Å². The van der Waals surface area contributed by atoms with Gasteiger partial charge in [0.1, 0.15) is 6.07 Å². The van der Waals surface area contributed by atoms with E-state index in [4.69, 9.17) is 16.0 Å². The predicted molar refractivity (Wildman–Crippen MR) is 98.9 cm³/mol. The zero-order valence-corrected chi connectivity index (χ0v) is 14.5. The van der Waals surface area contributed by atoms with Crippen molar-refractivity contribution in [2.75, 3.05) is 5.32 Å². The van der Waals surface area contributed by atoms with Gasteiger partial charge in [0, 0.05) is 5.69 Å². The van der Waals surface area contributed by atoms with Crippen LogP contribution in [0.15, 0.2) is 57.9 Å². The summed E-state index contributed by atoms with van der Waals surface area (Å²) in [4.78, 5) is 8.37. The second kappa shape index (κ2) is 7.20. The summed E-state index contributed by atoms with van der Waals surface area (Å²) < 4.78 is 5.59. The molecule has 124 valence electrons. The van der Waals surface area contributed by atoms with Crippen molar-refractivity contribution in [2.24, 2.45) is 4.99 Å². The second-order valence-corrected chi connectivity index (χ2v) is 5.90. The third-order valence-corrected chi connectivity index (χ3v) is 3.73. The third-order valence-electron chi connectivity index (χ3n) is 3.48. The van der Waals surface area contributed by atoms with Gasteiger partial charge >= 0.3 is 0 Å². The van der Waals surface area contributed by atoms with Crippen LogP contribution in [-0.4, -0.2) is 10.2 Å². The maximum Gasteiger partial charge on any atom is 0.260 e. The van der Waals surface area contributed by atoms with E-state index in [0.717, 1.165) is 16.8 Å². The van der Waals surface area contributed by atoms with E-state index in [9.17, 15) is 5.26 Å². The number of hydrogen-bond acceptors (Lipinski definition) is 5. The average Bonchev–Trinajstić information content (AvgIpc) is 3.02. The fourth-order valence-electron chi connectivity index (χ4n) is 2.12. The smallest absolute Gasteiger partial charge is 0.260 e. The maximum absolute atomic E-state index is 9.26. The van der Waals surface area contributed by atoms with Crippen LogP contribution in [0.5, 0.6) is 0 Å². The first-order valence-corrected chi connectivity index (χ1v) is 7.99. The normalized spacial score (nSPS) is 11.2. The molecule has 0 aliphatic heterocycles. The van der Waals surface area contributed by atoms with Crippen LogP contribution in [0.25, 0.3) is 0 Å². The molecule has 3 rings (SSSR count). The van der Waals surface area contributed by atoms with Gasteiger partial charge in [-0.3, -0.25) is 0 Å². The number of benzene rings is 2. The van der Waals surface area contributed by atoms with Gasteiger partial charge in [0.05, 0.1) is 5.69 Å². The first kappa shape index (κ1) is 16.7. The number of oxazole rings is 1. The number of rotatable bonds is 4. The van der Waals surface area contributed by atoms with Crippen molar-refractivity contribution < 1.29 is 4.42 Å². The van der Waals surface area contributed by atoms with Gasteiger partial charge in [-0.2, -0.15) is 10.2 Å². The van der Waals surface area contributed by atoms with Crippen molar-refractivity contribution in [3.05, 3.63) is 71.2 Å². The number of nitriles is 1. The van der Waals surface area contributed by atoms with Crippen LogP contribution < -0.4 is 5.32 Å². The maximum atomic E-state index is 9.26. The molecule has 0 atom stereocenters. The summed E-state index contributed by atoms with van der Waals surface area (Å²) in [6, 6.07) is 17.2. The number of aryl methyl sites for hydroxylation is 2. The molecule has 0 aliphatic rings. The van der Waals surface area contributed by atoms with Crippen LogP contribution >= 0.6 is 11.6 Å². The number of halogens is 1. The SMILES string of the molecule is Cc1ccc(N=C(Cl)c2nc(C#N)c(Nc3ccc(C)cc3)o2)cc1. The molecule has 5 nitrogen and oxygen atoms in total. The van der Waals surface area contributed by atoms with E-state index in [1.54, 1.807) is 0 Å². The molecule has 1 N–H and O–H groups in total. The molecule has 0 amide bonds. The van der Waals surface area contributed by atoms with E-state index >= 15 is 0 Å². The Bertz CT molecular complexity index is 951. The highest BCUT2D eigenvalue weighted by atomic mass is 35.5. The van der Waals surface area contributed by atoms with Crippen molar-refractivity contribution in [3.8, 4) is 6.07 Å². The summed E-state index contributed by atoms with van der Waals surface area (Å²) in [5, 5.41) is 12.4. The first-order valence-electron chi connectivity index (χ1n) is 7.61. The standard InChI is InChI=1S/C19H15ClN4O/c1-12-3-7-14(8-4-12)22-17(20)19-24-16(11-21)18(25-19)23-15-9-5-13(2)6-10-15/h3-10,23H,1-2H3. The lowest BCUT2D eigenvalue weighted by Crippen LogP contribution is -1.91. The molecule has 0 spiro atoms. The van der Waals surface area contributed by atoms with Gasteiger partial charge in [-0.1, -0.05) is 47.0 Å². The molecule has 0 saturated carbocycles. The average molecular weight is 351 g/mol. The highest BCUT2D eigenvalue weighted by Crippen LogP contribution is 2.24. The molecule has 0 fully saturated rings. The van der Waals surface area contributed by atoms with Crippen molar-refractivity contribution in [3.63, 3.8) is 0 Å². The summed E-state index contributed by atoms with van der Waals surface area (Å²) >= 11 is 6.20. The molecule has 0 saturated heterocycles. The lowest BCUT2D eigenvalue weighted by molar-refractivity contribution is 0.565. The Hall–Kier alpha value is -3.10. The number of aliphatic imine (C=N–C) groups is 1. The molecular formula is C19H15ClN4O. The Labute approximate surface area is 150 Å². The molecule has 1 heterocycles. The molecule has 3 aromatic rings. The topological polar surface area (TPSA) is 74.2 Å². The fraction of sp³-hybridized carbons (Fsp3) is 0.105. The van der Waals surface area contributed by atoms with Gasteiger partial charge in [-0.05, 0) is 38.1 Å². The Morgan fingerprint density at radius 2 is 1.68 bits per heavy atom. The zero-order valence-electron chi connectivity index (χ0n) is 13.7. The molecule has 0 bridgehead atoms. The van der Waals surface area contributed by atoms with E-state index < -0.39 is 0 Å². The molecule has 0 aliphatic carbocycles. The van der Waals surface area contributed by atoms with E-state index in [1.165, 1.54) is 0 Å². The first-order chi connectivity index (χ1) is 12.0. The largest absolute Gasteiger partial charge is 0.416 e. The predicted octanol–water partition coefficient (Wildman–Crippen LogP) is 5.22. The minimum absolute atomic E-state index is 0.0808. The molecule has 0 radical (unpaired) electrons. The Morgan fingerprint density at radius 3 is 2.28 bits per heavy atom. The van der Waals surface area contributed by atoms with Crippen molar-refractivity contribution in [2.45, 2.75) is 13.8 Å². The molecular weight excluding hydrogens is 336 g/mol. The number of hydrogen-bond donors (Lipinski definition) is 1. The minimum atomic E-state index is 0.0808. The summed E-state index contributed by atoms with van der Waals surface area (Å²) in [5.41, 5.74) is 3.85. The Kier molecular flexibility index (Phi) is 4.82. The molecule has 0 unspecified atom stereocenters. The van der Waals surface area contributed by atoms with Crippen LogP contribution in [0, 0.1) is 25.2 Å². The van der Waals surface area contributed by atoms with Gasteiger partial charge in [0.25, 0.3) is 5.89 Å². The molecule has 2 aromatic carbocycles. The zero-order chi connectivity index (χ0) is 17.8. The quantitative estimate of drug-likeness (QED) is 0.654. The summed E-state index contributed by atoms with van der Waals surface area (Å²) in [5.74, 6) is 0.326. The number of nitrogens with one attached hydrogen (secondary N) is 1. The van der Waals surface area contributed by atoms with Gasteiger partial charge in [-0.25, -0.2) is 4.99 Å². The van der Waals surface area contributed by atoms with Crippen LogP contribution in [-0.2, 0) is 0 Å². The van der Waals surface area contributed by atoms with Crippen molar-refractivity contribution in [1.29, 1.82) is 5.26 Å². The van der Waals surface area contributed by atoms with Crippen LogP contribution in [0.3, 0.4) is 0 Å². The van der Waals surface area contributed by atoms with Gasteiger partial charge in [0.15, 0.2) is 5.17 Å². The summed E-state index contributed by atoms with van der Waals surface area (Å²) in [6.07, 6.45) is 0. The minimum Gasteiger partial charge on any atom is -0.416 e. The number of anilines is 2. The van der Waals surface area contributed by atoms with E-state index in [-0.39, 0.29) is 22.6 Å². The van der Waals surface area contributed by atoms with Crippen LogP contribution in [0.2, 0.25) is 0 Å². The molecule has 25 heavy (non-hydrogen) atoms. The number of aromatic nitrogens is 1. The van der Waals surface area contributed by atoms with Gasteiger partial charge in [0.2, 0.25) is 11.6 Å². The van der Waals surface area contributed by atoms with E-state index in [0.29, 0.717) is 5.69 Å². The lowest BCUT2D eigenvalue weighted by Gasteiger charge is -2.02. The highest BCUT2D eigenvalue weighted by molar-refractivity contribution is 6.69. The lowest BCUT2D eigenvalue weighted by atomic mass is 10.2. The van der Waals surface area contributed by atoms with Crippen LogP contribution in [0.1, 0.15) is 22.7 Å². The molecule has 1 aromatic heterocycles. The highest BCUT2D eigenvalue weighted by Gasteiger charge is 2.16. The van der Waals surface area contributed by atoms with E-state index in [2.05, 4.69) is 15.3 Å². The summed E-state index contributed by atoms with van der Waals surface area (Å²) in [7, 11) is 0. The number of nitrogens with zero attached hydrogens (tertiary/aromatic N) is 3. The van der Waals surface area contributed by atoms with E-state index in [1.807, 2.05) is 68.4 Å². The van der Waals surface area contributed by atoms with Crippen molar-refractivity contribution >= 4 is 34.0 Å².